The third-order valence-corrected chi connectivity index (χ3v) is 3.35. The molecule has 1 fully saturated rings. The predicted molar refractivity (Wildman–Crippen MR) is 74.2 cm³/mol. The SMILES string of the molecule is CC(CC1CCCCCN1C(=O)OC(C)(C)C)NO. The van der Waals surface area contributed by atoms with Gasteiger partial charge in [0.1, 0.15) is 5.60 Å². The summed E-state index contributed by atoms with van der Waals surface area (Å²) >= 11 is 0. The van der Waals surface area contributed by atoms with E-state index in [1.165, 1.54) is 0 Å². The molecule has 0 spiro atoms. The number of amides is 1. The van der Waals surface area contributed by atoms with Gasteiger partial charge in [0.25, 0.3) is 0 Å². The first-order valence-corrected chi connectivity index (χ1v) is 7.22. The lowest BCUT2D eigenvalue weighted by Gasteiger charge is -2.33. The van der Waals surface area contributed by atoms with Crippen LogP contribution in [-0.2, 0) is 4.74 Å². The van der Waals surface area contributed by atoms with Crippen LogP contribution in [0.5, 0.6) is 0 Å². The van der Waals surface area contributed by atoms with Crippen LogP contribution in [0.3, 0.4) is 0 Å². The molecule has 5 heteroatoms. The van der Waals surface area contributed by atoms with Gasteiger partial charge >= 0.3 is 6.09 Å². The van der Waals surface area contributed by atoms with Crippen molar-refractivity contribution in [2.24, 2.45) is 0 Å². The van der Waals surface area contributed by atoms with E-state index in [1.54, 1.807) is 0 Å². The summed E-state index contributed by atoms with van der Waals surface area (Å²) in [6.45, 7) is 8.32. The first-order chi connectivity index (χ1) is 8.83. The number of carbonyl (C=O) groups excluding carboxylic acids is 1. The molecule has 2 unspecified atom stereocenters. The summed E-state index contributed by atoms with van der Waals surface area (Å²) in [7, 11) is 0. The highest BCUT2D eigenvalue weighted by atomic mass is 16.6. The topological polar surface area (TPSA) is 61.8 Å². The molecule has 2 N–H and O–H groups in total. The van der Waals surface area contributed by atoms with Crippen molar-refractivity contribution in [3.8, 4) is 0 Å². The van der Waals surface area contributed by atoms with Gasteiger partial charge in [0.15, 0.2) is 0 Å². The summed E-state index contributed by atoms with van der Waals surface area (Å²) in [6, 6.07) is 0.125. The summed E-state index contributed by atoms with van der Waals surface area (Å²) in [4.78, 5) is 14.1. The van der Waals surface area contributed by atoms with E-state index in [-0.39, 0.29) is 18.2 Å². The molecule has 0 radical (unpaired) electrons. The molecule has 0 aromatic heterocycles. The predicted octanol–water partition coefficient (Wildman–Crippen LogP) is 2.92. The zero-order chi connectivity index (χ0) is 14.5. The Morgan fingerprint density at radius 1 is 1.42 bits per heavy atom. The Hall–Kier alpha value is -0.810. The summed E-state index contributed by atoms with van der Waals surface area (Å²) in [5.74, 6) is 0. The normalized spacial score (nSPS) is 22.8. The second kappa shape index (κ2) is 7.10. The molecule has 1 saturated heterocycles. The second-order valence-electron chi connectivity index (χ2n) is 6.44. The highest BCUT2D eigenvalue weighted by molar-refractivity contribution is 5.68. The Morgan fingerprint density at radius 3 is 2.68 bits per heavy atom. The number of nitrogens with one attached hydrogen (secondary N) is 1. The molecule has 1 aliphatic heterocycles. The van der Waals surface area contributed by atoms with Crippen molar-refractivity contribution in [2.45, 2.75) is 77.5 Å². The van der Waals surface area contributed by atoms with Gasteiger partial charge < -0.3 is 14.8 Å². The molecule has 19 heavy (non-hydrogen) atoms. The van der Waals surface area contributed by atoms with E-state index < -0.39 is 5.60 Å². The van der Waals surface area contributed by atoms with Gasteiger partial charge in [-0.2, -0.15) is 0 Å². The lowest BCUT2D eigenvalue weighted by atomic mass is 10.0. The molecule has 0 aliphatic carbocycles. The molecular weight excluding hydrogens is 244 g/mol. The van der Waals surface area contributed by atoms with Gasteiger partial charge in [-0.15, -0.1) is 0 Å². The largest absolute Gasteiger partial charge is 0.444 e. The van der Waals surface area contributed by atoms with Gasteiger partial charge in [-0.1, -0.05) is 12.8 Å². The second-order valence-corrected chi connectivity index (χ2v) is 6.44. The molecular formula is C14H28N2O3. The zero-order valence-corrected chi connectivity index (χ0v) is 12.6. The number of nitrogens with zero attached hydrogens (tertiary/aromatic N) is 1. The Labute approximate surface area is 116 Å². The van der Waals surface area contributed by atoms with Crippen molar-refractivity contribution in [3.05, 3.63) is 0 Å². The first kappa shape index (κ1) is 16.2. The van der Waals surface area contributed by atoms with Gasteiger partial charge in [0.2, 0.25) is 0 Å². The van der Waals surface area contributed by atoms with Crippen LogP contribution in [0.4, 0.5) is 4.79 Å². The summed E-state index contributed by atoms with van der Waals surface area (Å²) in [6.07, 6.45) is 4.79. The summed E-state index contributed by atoms with van der Waals surface area (Å²) in [5.41, 5.74) is 1.80. The van der Waals surface area contributed by atoms with Crippen LogP contribution in [0.15, 0.2) is 0 Å². The van der Waals surface area contributed by atoms with Crippen LogP contribution in [-0.4, -0.2) is 40.4 Å². The number of rotatable bonds is 3. The van der Waals surface area contributed by atoms with E-state index in [9.17, 15) is 4.79 Å². The standard InChI is InChI=1S/C14H28N2O3/c1-11(15-18)10-12-8-6-5-7-9-16(12)13(17)19-14(2,3)4/h11-12,15,18H,5-10H2,1-4H3. The van der Waals surface area contributed by atoms with Crippen molar-refractivity contribution in [1.29, 1.82) is 0 Å². The van der Waals surface area contributed by atoms with Crippen molar-refractivity contribution < 1.29 is 14.7 Å². The molecule has 0 aromatic rings. The third-order valence-electron chi connectivity index (χ3n) is 3.35. The van der Waals surface area contributed by atoms with Gasteiger partial charge in [0, 0.05) is 18.6 Å². The minimum Gasteiger partial charge on any atom is -0.444 e. The summed E-state index contributed by atoms with van der Waals surface area (Å²) < 4.78 is 5.48. The fourth-order valence-electron chi connectivity index (χ4n) is 2.44. The van der Waals surface area contributed by atoms with E-state index in [1.807, 2.05) is 32.6 Å². The van der Waals surface area contributed by atoms with E-state index in [0.717, 1.165) is 38.6 Å². The molecule has 5 nitrogen and oxygen atoms in total. The van der Waals surface area contributed by atoms with Gasteiger partial charge in [0.05, 0.1) is 0 Å². The number of hydrogen-bond acceptors (Lipinski definition) is 4. The van der Waals surface area contributed by atoms with Crippen LogP contribution >= 0.6 is 0 Å². The number of carbonyl (C=O) groups is 1. The Morgan fingerprint density at radius 2 is 2.11 bits per heavy atom. The molecule has 0 aromatic carbocycles. The summed E-state index contributed by atoms with van der Waals surface area (Å²) in [5, 5.41) is 8.96. The Balaban J connectivity index is 2.70. The molecule has 1 aliphatic rings. The highest BCUT2D eigenvalue weighted by Gasteiger charge is 2.30. The van der Waals surface area contributed by atoms with Gasteiger partial charge in [-0.05, 0) is 47.0 Å². The van der Waals surface area contributed by atoms with Crippen LogP contribution in [0.25, 0.3) is 0 Å². The Kier molecular flexibility index (Phi) is 6.07. The van der Waals surface area contributed by atoms with Crippen LogP contribution in [0.1, 0.15) is 59.8 Å². The van der Waals surface area contributed by atoms with Crippen LogP contribution < -0.4 is 5.48 Å². The average Bonchev–Trinajstić information content (AvgIpc) is 2.52. The van der Waals surface area contributed by atoms with Gasteiger partial charge in [-0.25, -0.2) is 10.3 Å². The molecule has 0 saturated carbocycles. The number of likely N-dealkylation sites (tertiary alicyclic amines) is 1. The molecule has 0 bridgehead atoms. The van der Waals surface area contributed by atoms with Crippen molar-refractivity contribution >= 4 is 6.09 Å². The smallest absolute Gasteiger partial charge is 0.410 e. The van der Waals surface area contributed by atoms with Crippen LogP contribution in [0.2, 0.25) is 0 Å². The van der Waals surface area contributed by atoms with Crippen LogP contribution in [0, 0.1) is 0 Å². The monoisotopic (exact) mass is 272 g/mol. The maximum atomic E-state index is 12.3. The van der Waals surface area contributed by atoms with Crippen molar-refractivity contribution in [1.82, 2.24) is 10.4 Å². The van der Waals surface area contributed by atoms with Crippen molar-refractivity contribution in [2.75, 3.05) is 6.54 Å². The minimum atomic E-state index is -0.464. The zero-order valence-electron chi connectivity index (χ0n) is 12.6. The molecule has 1 rings (SSSR count). The number of hydrogen-bond donors (Lipinski definition) is 2. The lowest BCUT2D eigenvalue weighted by Crippen LogP contribution is -2.45. The van der Waals surface area contributed by atoms with E-state index >= 15 is 0 Å². The number of ether oxygens (including phenoxy) is 1. The average molecular weight is 272 g/mol. The molecule has 2 atom stereocenters. The fourth-order valence-corrected chi connectivity index (χ4v) is 2.44. The first-order valence-electron chi connectivity index (χ1n) is 7.22. The van der Waals surface area contributed by atoms with E-state index in [2.05, 4.69) is 5.48 Å². The number of hydroxylamine groups is 1. The molecule has 1 amide bonds. The van der Waals surface area contributed by atoms with E-state index in [4.69, 9.17) is 9.94 Å². The van der Waals surface area contributed by atoms with E-state index in [0.29, 0.717) is 0 Å². The Bertz CT molecular complexity index is 289. The maximum absolute atomic E-state index is 12.3. The lowest BCUT2D eigenvalue weighted by molar-refractivity contribution is 0.0127. The minimum absolute atomic E-state index is 0.0203. The van der Waals surface area contributed by atoms with Gasteiger partial charge in [-0.3, -0.25) is 0 Å². The third kappa shape index (κ3) is 5.78. The molecule has 112 valence electrons. The highest BCUT2D eigenvalue weighted by Crippen LogP contribution is 2.22. The van der Waals surface area contributed by atoms with Crippen molar-refractivity contribution in [3.63, 3.8) is 0 Å². The maximum Gasteiger partial charge on any atom is 0.410 e. The molecule has 1 heterocycles. The quantitative estimate of drug-likeness (QED) is 0.775. The fraction of sp³-hybridized carbons (Fsp3) is 0.929.